The third kappa shape index (κ3) is 6.96. The number of nitrogens with one attached hydrogen (secondary N) is 1. The Hall–Kier alpha value is -1.34. The van der Waals surface area contributed by atoms with Crippen molar-refractivity contribution in [3.8, 4) is 0 Å². The highest BCUT2D eigenvalue weighted by Crippen LogP contribution is 2.20. The highest BCUT2D eigenvalue weighted by atomic mass is 79.9. The molecular weight excluding hydrogens is 422 g/mol. The molecule has 2 aromatic rings. The van der Waals surface area contributed by atoms with E-state index in [9.17, 15) is 4.79 Å². The number of amides is 1. The van der Waals surface area contributed by atoms with E-state index in [2.05, 4.69) is 62.4 Å². The number of nitrogens with zero attached hydrogens (tertiary/aromatic N) is 2. The van der Waals surface area contributed by atoms with Gasteiger partial charge in [-0.3, -0.25) is 9.69 Å². The molecule has 1 amide bonds. The number of likely N-dealkylation sites (N-methyl/N-ethyl adjacent to an activating group) is 1. The summed E-state index contributed by atoms with van der Waals surface area (Å²) in [6, 6.07) is 16.6. The van der Waals surface area contributed by atoms with E-state index in [1.54, 1.807) is 11.8 Å². The number of hydrogen-bond donors (Lipinski definition) is 1. The van der Waals surface area contributed by atoms with E-state index < -0.39 is 0 Å². The van der Waals surface area contributed by atoms with Crippen LogP contribution in [0.3, 0.4) is 0 Å². The first kappa shape index (κ1) is 20.4. The molecule has 1 heterocycles. The number of benzene rings is 2. The highest BCUT2D eigenvalue weighted by molar-refractivity contribution is 9.10. The molecule has 0 unspecified atom stereocenters. The lowest BCUT2D eigenvalue weighted by atomic mass is 10.1. The molecule has 144 valence electrons. The third-order valence-corrected chi connectivity index (χ3v) is 6.24. The molecule has 1 saturated heterocycles. The predicted molar refractivity (Wildman–Crippen MR) is 116 cm³/mol. The second kappa shape index (κ2) is 10.3. The van der Waals surface area contributed by atoms with E-state index in [1.165, 1.54) is 5.56 Å². The second-order valence-electron chi connectivity index (χ2n) is 6.92. The minimum Gasteiger partial charge on any atom is -0.351 e. The molecule has 0 aromatic heterocycles. The molecule has 0 aliphatic carbocycles. The zero-order valence-electron chi connectivity index (χ0n) is 15.7. The first-order chi connectivity index (χ1) is 13.1. The van der Waals surface area contributed by atoms with Gasteiger partial charge in [-0.2, -0.15) is 0 Å². The molecule has 0 bridgehead atoms. The molecule has 1 aliphatic heterocycles. The van der Waals surface area contributed by atoms with Crippen molar-refractivity contribution < 1.29 is 4.79 Å². The van der Waals surface area contributed by atoms with Crippen LogP contribution < -0.4 is 5.32 Å². The van der Waals surface area contributed by atoms with Gasteiger partial charge in [-0.15, -0.1) is 11.8 Å². The number of rotatable bonds is 7. The smallest absolute Gasteiger partial charge is 0.230 e. The number of carbonyl (C=O) groups is 1. The van der Waals surface area contributed by atoms with Gasteiger partial charge in [0.1, 0.15) is 0 Å². The van der Waals surface area contributed by atoms with Gasteiger partial charge in [0.15, 0.2) is 0 Å². The summed E-state index contributed by atoms with van der Waals surface area (Å²) in [6.07, 6.45) is 0. The van der Waals surface area contributed by atoms with Gasteiger partial charge < -0.3 is 10.2 Å². The van der Waals surface area contributed by atoms with E-state index in [0.717, 1.165) is 47.7 Å². The summed E-state index contributed by atoms with van der Waals surface area (Å²) in [5, 5.41) is 3.00. The van der Waals surface area contributed by atoms with Crippen molar-refractivity contribution in [1.29, 1.82) is 0 Å². The molecule has 1 N–H and O–H groups in total. The van der Waals surface area contributed by atoms with Crippen molar-refractivity contribution in [2.75, 3.05) is 39.0 Å². The second-order valence-corrected chi connectivity index (χ2v) is 8.88. The van der Waals surface area contributed by atoms with Crippen LogP contribution in [-0.2, 0) is 17.9 Å². The Morgan fingerprint density at radius 3 is 2.30 bits per heavy atom. The summed E-state index contributed by atoms with van der Waals surface area (Å²) < 4.78 is 1.05. The molecule has 4 nitrogen and oxygen atoms in total. The minimum atomic E-state index is 0.0597. The normalized spacial score (nSPS) is 15.6. The number of piperazine rings is 1. The summed E-state index contributed by atoms with van der Waals surface area (Å²) in [7, 11) is 2.18. The summed E-state index contributed by atoms with van der Waals surface area (Å²) in [5.41, 5.74) is 2.47. The van der Waals surface area contributed by atoms with Crippen LogP contribution in [0.2, 0.25) is 0 Å². The zero-order chi connectivity index (χ0) is 19.1. The van der Waals surface area contributed by atoms with Crippen LogP contribution in [0, 0.1) is 0 Å². The van der Waals surface area contributed by atoms with Crippen LogP contribution in [0.15, 0.2) is 57.9 Å². The summed E-state index contributed by atoms with van der Waals surface area (Å²) >= 11 is 4.97. The summed E-state index contributed by atoms with van der Waals surface area (Å²) in [5.74, 6) is 0.493. The Morgan fingerprint density at radius 1 is 1.00 bits per heavy atom. The molecule has 1 fully saturated rings. The fourth-order valence-electron chi connectivity index (χ4n) is 2.96. The molecule has 1 aliphatic rings. The summed E-state index contributed by atoms with van der Waals surface area (Å²) in [4.78, 5) is 18.0. The maximum atomic E-state index is 12.1. The van der Waals surface area contributed by atoms with Crippen molar-refractivity contribution in [1.82, 2.24) is 15.1 Å². The molecule has 0 spiro atoms. The van der Waals surface area contributed by atoms with Gasteiger partial charge in [0, 0.05) is 48.6 Å². The first-order valence-electron chi connectivity index (χ1n) is 9.22. The van der Waals surface area contributed by atoms with Crippen molar-refractivity contribution in [2.24, 2.45) is 0 Å². The average Bonchev–Trinajstić information content (AvgIpc) is 2.69. The van der Waals surface area contributed by atoms with Gasteiger partial charge in [-0.05, 0) is 42.4 Å². The topological polar surface area (TPSA) is 35.6 Å². The van der Waals surface area contributed by atoms with Crippen LogP contribution in [0.1, 0.15) is 11.1 Å². The van der Waals surface area contributed by atoms with Gasteiger partial charge in [-0.25, -0.2) is 0 Å². The SMILES string of the molecule is CN1CCN(Cc2ccc(CNC(=O)CSc3ccc(Br)cc3)cc2)CC1. The first-order valence-corrected chi connectivity index (χ1v) is 11.0. The maximum Gasteiger partial charge on any atom is 0.230 e. The van der Waals surface area contributed by atoms with Gasteiger partial charge in [0.2, 0.25) is 5.91 Å². The third-order valence-electron chi connectivity index (χ3n) is 4.70. The number of thioether (sulfide) groups is 1. The number of halogens is 1. The standard InChI is InChI=1S/C21H26BrN3OS/c1-24-10-12-25(13-11-24)15-18-4-2-17(3-5-18)14-23-21(26)16-27-20-8-6-19(22)7-9-20/h2-9H,10-16H2,1H3,(H,23,26). The van der Waals surface area contributed by atoms with Gasteiger partial charge in [0.05, 0.1) is 5.75 Å². The fraction of sp³-hybridized carbons (Fsp3) is 0.381. The highest BCUT2D eigenvalue weighted by Gasteiger charge is 2.13. The quantitative estimate of drug-likeness (QED) is 0.657. The Labute approximate surface area is 174 Å². The van der Waals surface area contributed by atoms with Crippen LogP contribution in [0.4, 0.5) is 0 Å². The van der Waals surface area contributed by atoms with Crippen LogP contribution in [0.5, 0.6) is 0 Å². The molecule has 2 aromatic carbocycles. The molecular formula is C21H26BrN3OS. The van der Waals surface area contributed by atoms with E-state index in [-0.39, 0.29) is 5.91 Å². The maximum absolute atomic E-state index is 12.1. The Bertz CT molecular complexity index is 728. The zero-order valence-corrected chi connectivity index (χ0v) is 18.1. The molecule has 3 rings (SSSR count). The molecule has 0 saturated carbocycles. The van der Waals surface area contributed by atoms with Crippen molar-refractivity contribution in [3.05, 3.63) is 64.1 Å². The van der Waals surface area contributed by atoms with Gasteiger partial charge >= 0.3 is 0 Å². The number of carbonyl (C=O) groups excluding carboxylic acids is 1. The van der Waals surface area contributed by atoms with Crippen LogP contribution >= 0.6 is 27.7 Å². The lowest BCUT2D eigenvalue weighted by Crippen LogP contribution is -2.43. The minimum absolute atomic E-state index is 0.0597. The van der Waals surface area contributed by atoms with Crippen molar-refractivity contribution in [3.63, 3.8) is 0 Å². The van der Waals surface area contributed by atoms with Crippen LogP contribution in [0.25, 0.3) is 0 Å². The summed E-state index contributed by atoms with van der Waals surface area (Å²) in [6.45, 7) is 6.12. The predicted octanol–water partition coefficient (Wildman–Crippen LogP) is 3.61. The molecule has 0 radical (unpaired) electrons. The Morgan fingerprint density at radius 2 is 1.63 bits per heavy atom. The van der Waals surface area contributed by atoms with E-state index in [0.29, 0.717) is 12.3 Å². The molecule has 6 heteroatoms. The lowest BCUT2D eigenvalue weighted by Gasteiger charge is -2.32. The van der Waals surface area contributed by atoms with Crippen molar-refractivity contribution >= 4 is 33.6 Å². The molecule has 0 atom stereocenters. The van der Waals surface area contributed by atoms with Crippen LogP contribution in [-0.4, -0.2) is 54.7 Å². The van der Waals surface area contributed by atoms with E-state index in [1.807, 2.05) is 24.3 Å². The van der Waals surface area contributed by atoms with E-state index in [4.69, 9.17) is 0 Å². The molecule has 27 heavy (non-hydrogen) atoms. The monoisotopic (exact) mass is 447 g/mol. The Balaban J connectivity index is 1.39. The lowest BCUT2D eigenvalue weighted by molar-refractivity contribution is -0.118. The average molecular weight is 448 g/mol. The van der Waals surface area contributed by atoms with E-state index >= 15 is 0 Å². The largest absolute Gasteiger partial charge is 0.351 e. The number of hydrogen-bond acceptors (Lipinski definition) is 4. The van der Waals surface area contributed by atoms with Gasteiger partial charge in [0.25, 0.3) is 0 Å². The van der Waals surface area contributed by atoms with Crippen molar-refractivity contribution in [2.45, 2.75) is 18.0 Å². The Kier molecular flexibility index (Phi) is 7.76. The fourth-order valence-corrected chi connectivity index (χ4v) is 3.95. The van der Waals surface area contributed by atoms with Gasteiger partial charge in [-0.1, -0.05) is 40.2 Å².